The zero-order valence-corrected chi connectivity index (χ0v) is 11.0. The van der Waals surface area contributed by atoms with Crippen LogP contribution >= 0.6 is 11.6 Å². The number of alkyl halides is 1. The fraction of sp³-hybridized carbons (Fsp3) is 0.571. The maximum Gasteiger partial charge on any atom is 0.123 e. The van der Waals surface area contributed by atoms with Crippen LogP contribution in [0, 0.1) is 12.7 Å². The van der Waals surface area contributed by atoms with Gasteiger partial charge in [-0.25, -0.2) is 4.39 Å². The van der Waals surface area contributed by atoms with Gasteiger partial charge in [-0.05, 0) is 49.6 Å². The quantitative estimate of drug-likeness (QED) is 0.744. The van der Waals surface area contributed by atoms with E-state index in [1.807, 2.05) is 13.0 Å². The van der Waals surface area contributed by atoms with Crippen LogP contribution in [0.4, 0.5) is 4.39 Å². The fourth-order valence-corrected chi connectivity index (χ4v) is 2.85. The average molecular weight is 256 g/mol. The van der Waals surface area contributed by atoms with E-state index in [4.69, 9.17) is 11.6 Å². The highest BCUT2D eigenvalue weighted by Gasteiger charge is 2.21. The molecule has 17 heavy (non-hydrogen) atoms. The molecule has 0 N–H and O–H groups in total. The van der Waals surface area contributed by atoms with Gasteiger partial charge in [0.2, 0.25) is 0 Å². The Morgan fingerprint density at radius 3 is 2.94 bits per heavy atom. The molecule has 1 unspecified atom stereocenters. The topological polar surface area (TPSA) is 3.24 Å². The lowest BCUT2D eigenvalue weighted by Crippen LogP contribution is -2.40. The first-order chi connectivity index (χ1) is 8.20. The minimum atomic E-state index is -0.154. The standard InChI is InChI=1S/C14H19ClFN/c1-11-8-13(16)6-5-12(11)10-17-7-3-2-4-14(17)9-15/h5-6,8,14H,2-4,7,9-10H2,1H3. The summed E-state index contributed by atoms with van der Waals surface area (Å²) in [6.45, 7) is 3.97. The van der Waals surface area contributed by atoms with Crippen LogP contribution in [0.1, 0.15) is 30.4 Å². The van der Waals surface area contributed by atoms with Gasteiger partial charge in [0.25, 0.3) is 0 Å². The Bertz CT molecular complexity index is 380. The molecule has 0 aliphatic carbocycles. The highest BCUT2D eigenvalue weighted by atomic mass is 35.5. The first kappa shape index (κ1) is 12.8. The molecule has 1 saturated heterocycles. The normalized spacial score (nSPS) is 21.7. The molecule has 2 rings (SSSR count). The Balaban J connectivity index is 2.08. The first-order valence-electron chi connectivity index (χ1n) is 6.25. The maximum absolute atomic E-state index is 13.0. The lowest BCUT2D eigenvalue weighted by atomic mass is 10.0. The van der Waals surface area contributed by atoms with Gasteiger partial charge in [-0.3, -0.25) is 4.90 Å². The molecule has 0 radical (unpaired) electrons. The van der Waals surface area contributed by atoms with Crippen LogP contribution in [0.2, 0.25) is 0 Å². The van der Waals surface area contributed by atoms with Gasteiger partial charge in [0, 0.05) is 18.5 Å². The van der Waals surface area contributed by atoms with Gasteiger partial charge in [0.1, 0.15) is 5.82 Å². The third-order valence-electron chi connectivity index (χ3n) is 3.61. The Hall–Kier alpha value is -0.600. The molecule has 1 fully saturated rings. The molecule has 3 heteroatoms. The van der Waals surface area contributed by atoms with Crippen molar-refractivity contribution in [3.05, 3.63) is 35.1 Å². The van der Waals surface area contributed by atoms with Gasteiger partial charge in [0.05, 0.1) is 0 Å². The first-order valence-corrected chi connectivity index (χ1v) is 6.79. The van der Waals surface area contributed by atoms with Crippen molar-refractivity contribution in [2.24, 2.45) is 0 Å². The number of piperidine rings is 1. The average Bonchev–Trinajstić information content (AvgIpc) is 2.33. The summed E-state index contributed by atoms with van der Waals surface area (Å²) in [5.41, 5.74) is 2.24. The van der Waals surface area contributed by atoms with E-state index >= 15 is 0 Å². The van der Waals surface area contributed by atoms with E-state index in [-0.39, 0.29) is 5.82 Å². The molecule has 1 atom stereocenters. The van der Waals surface area contributed by atoms with Crippen molar-refractivity contribution in [3.63, 3.8) is 0 Å². The second-order valence-electron chi connectivity index (χ2n) is 4.85. The van der Waals surface area contributed by atoms with E-state index in [0.29, 0.717) is 11.9 Å². The minimum Gasteiger partial charge on any atom is -0.295 e. The van der Waals surface area contributed by atoms with Crippen LogP contribution in [-0.2, 0) is 6.54 Å². The SMILES string of the molecule is Cc1cc(F)ccc1CN1CCCCC1CCl. The van der Waals surface area contributed by atoms with Gasteiger partial charge in [-0.1, -0.05) is 12.5 Å². The Labute approximate surface area is 108 Å². The highest BCUT2D eigenvalue weighted by Crippen LogP contribution is 2.22. The van der Waals surface area contributed by atoms with Crippen LogP contribution in [0.15, 0.2) is 18.2 Å². The summed E-state index contributed by atoms with van der Waals surface area (Å²) in [4.78, 5) is 2.43. The van der Waals surface area contributed by atoms with E-state index in [9.17, 15) is 4.39 Å². The van der Waals surface area contributed by atoms with Gasteiger partial charge >= 0.3 is 0 Å². The highest BCUT2D eigenvalue weighted by molar-refractivity contribution is 6.18. The largest absolute Gasteiger partial charge is 0.295 e. The molecule has 0 spiro atoms. The number of nitrogens with zero attached hydrogens (tertiary/aromatic N) is 1. The molecule has 1 heterocycles. The van der Waals surface area contributed by atoms with Gasteiger partial charge < -0.3 is 0 Å². The minimum absolute atomic E-state index is 0.154. The van der Waals surface area contributed by atoms with Crippen LogP contribution < -0.4 is 0 Å². The van der Waals surface area contributed by atoms with E-state index in [1.54, 1.807) is 12.1 Å². The molecule has 1 aromatic rings. The number of likely N-dealkylation sites (tertiary alicyclic amines) is 1. The van der Waals surface area contributed by atoms with E-state index < -0.39 is 0 Å². The van der Waals surface area contributed by atoms with Crippen LogP contribution in [0.3, 0.4) is 0 Å². The number of rotatable bonds is 3. The third-order valence-corrected chi connectivity index (χ3v) is 3.96. The summed E-state index contributed by atoms with van der Waals surface area (Å²) < 4.78 is 13.0. The zero-order chi connectivity index (χ0) is 12.3. The Kier molecular flexibility index (Phi) is 4.41. The molecule has 1 aromatic carbocycles. The van der Waals surface area contributed by atoms with Crippen molar-refractivity contribution in [3.8, 4) is 0 Å². The molecule has 1 nitrogen and oxygen atoms in total. The fourth-order valence-electron chi connectivity index (χ4n) is 2.50. The molecule has 0 bridgehead atoms. The number of halogens is 2. The molecule has 0 aromatic heterocycles. The lowest BCUT2D eigenvalue weighted by molar-refractivity contribution is 0.154. The van der Waals surface area contributed by atoms with Crippen molar-refractivity contribution >= 4 is 11.6 Å². The summed E-state index contributed by atoms with van der Waals surface area (Å²) in [6.07, 6.45) is 3.70. The number of hydrogen-bond donors (Lipinski definition) is 0. The predicted octanol–water partition coefficient (Wildman–Crippen LogP) is 3.73. The molecule has 0 saturated carbocycles. The van der Waals surface area contributed by atoms with Crippen molar-refractivity contribution in [1.29, 1.82) is 0 Å². The lowest BCUT2D eigenvalue weighted by Gasteiger charge is -2.34. The summed E-state index contributed by atoms with van der Waals surface area (Å²) in [7, 11) is 0. The summed E-state index contributed by atoms with van der Waals surface area (Å²) in [5, 5.41) is 0. The molecule has 1 aliphatic rings. The smallest absolute Gasteiger partial charge is 0.123 e. The maximum atomic E-state index is 13.0. The van der Waals surface area contributed by atoms with Gasteiger partial charge in [0.15, 0.2) is 0 Å². The molecular formula is C14H19ClFN. The zero-order valence-electron chi connectivity index (χ0n) is 10.3. The van der Waals surface area contributed by atoms with Gasteiger partial charge in [-0.15, -0.1) is 11.6 Å². The second kappa shape index (κ2) is 5.83. The van der Waals surface area contributed by atoms with Gasteiger partial charge in [-0.2, -0.15) is 0 Å². The number of aryl methyl sites for hydroxylation is 1. The number of hydrogen-bond acceptors (Lipinski definition) is 1. The predicted molar refractivity (Wildman–Crippen MR) is 69.9 cm³/mol. The van der Waals surface area contributed by atoms with Crippen LogP contribution in [0.5, 0.6) is 0 Å². The molecule has 0 amide bonds. The molecule has 1 aliphatic heterocycles. The third kappa shape index (κ3) is 3.20. The van der Waals surface area contributed by atoms with E-state index in [1.165, 1.54) is 24.8 Å². The Morgan fingerprint density at radius 1 is 1.41 bits per heavy atom. The van der Waals surface area contributed by atoms with Crippen molar-refractivity contribution < 1.29 is 4.39 Å². The van der Waals surface area contributed by atoms with E-state index in [2.05, 4.69) is 4.90 Å². The summed E-state index contributed by atoms with van der Waals surface area (Å²) in [6, 6.07) is 5.52. The second-order valence-corrected chi connectivity index (χ2v) is 5.15. The molecule has 94 valence electrons. The van der Waals surface area contributed by atoms with Crippen molar-refractivity contribution in [2.75, 3.05) is 12.4 Å². The van der Waals surface area contributed by atoms with Crippen molar-refractivity contribution in [2.45, 2.75) is 38.8 Å². The molecular weight excluding hydrogens is 237 g/mol. The van der Waals surface area contributed by atoms with Crippen LogP contribution in [-0.4, -0.2) is 23.4 Å². The summed E-state index contributed by atoms with van der Waals surface area (Å²) in [5.74, 6) is 0.541. The Morgan fingerprint density at radius 2 is 2.24 bits per heavy atom. The van der Waals surface area contributed by atoms with Crippen molar-refractivity contribution in [1.82, 2.24) is 4.90 Å². The van der Waals surface area contributed by atoms with E-state index in [0.717, 1.165) is 18.7 Å². The number of benzene rings is 1. The van der Waals surface area contributed by atoms with Crippen LogP contribution in [0.25, 0.3) is 0 Å². The summed E-state index contributed by atoms with van der Waals surface area (Å²) >= 11 is 6.00. The monoisotopic (exact) mass is 255 g/mol.